The summed E-state index contributed by atoms with van der Waals surface area (Å²) in [5.74, 6) is -2.14. The molecule has 0 aromatic carbocycles. The van der Waals surface area contributed by atoms with Crippen molar-refractivity contribution in [2.24, 2.45) is 5.16 Å². The average molecular weight is 525 g/mol. The molecule has 1 fully saturated rings. The number of hydrogen-bond donors (Lipinski definition) is 2. The third-order valence-corrected chi connectivity index (χ3v) is 7.97. The predicted molar refractivity (Wildman–Crippen MR) is 131 cm³/mol. The van der Waals surface area contributed by atoms with Crippen LogP contribution in [0.25, 0.3) is 10.1 Å². The summed E-state index contributed by atoms with van der Waals surface area (Å²) in [7, 11) is 1.28. The van der Waals surface area contributed by atoms with Crippen LogP contribution in [0.3, 0.4) is 0 Å². The summed E-state index contributed by atoms with van der Waals surface area (Å²) < 4.78 is 2.95. The number of oxime groups is 1. The summed E-state index contributed by atoms with van der Waals surface area (Å²) in [4.78, 5) is 48.1. The Bertz CT molecular complexity index is 1450. The third kappa shape index (κ3) is 4.27. The Hall–Kier alpha value is -3.97. The Kier molecular flexibility index (Phi) is 6.33. The van der Waals surface area contributed by atoms with E-state index in [1.54, 1.807) is 23.5 Å². The maximum absolute atomic E-state index is 13.0. The maximum atomic E-state index is 13.0. The van der Waals surface area contributed by atoms with Crippen LogP contribution in [0.5, 0.6) is 0 Å². The van der Waals surface area contributed by atoms with Gasteiger partial charge in [0.15, 0.2) is 24.7 Å². The molecular weight excluding hydrogens is 504 g/mol. The van der Waals surface area contributed by atoms with Crippen molar-refractivity contribution in [2.45, 2.75) is 18.0 Å². The number of pyridine rings is 2. The van der Waals surface area contributed by atoms with Crippen LogP contribution in [0.4, 0.5) is 5.82 Å². The molecule has 36 heavy (non-hydrogen) atoms. The molecule has 0 radical (unpaired) electrons. The van der Waals surface area contributed by atoms with Crippen molar-refractivity contribution in [3.8, 4) is 0 Å². The van der Waals surface area contributed by atoms with Gasteiger partial charge in [0.1, 0.15) is 30.0 Å². The van der Waals surface area contributed by atoms with E-state index in [-0.39, 0.29) is 22.9 Å². The van der Waals surface area contributed by atoms with Crippen LogP contribution in [0.15, 0.2) is 64.5 Å². The summed E-state index contributed by atoms with van der Waals surface area (Å²) in [5.41, 5.74) is 6.12. The number of nitrogen functional groups attached to an aromatic ring is 1. The molecule has 0 spiro atoms. The highest BCUT2D eigenvalue weighted by atomic mass is 32.2. The SMILES string of the molecule is CO/N=C(\C(=O)NC1C(=O)N2C(C(=O)[O-])=C(C[n+]3ccc4ccsc4c3)CS[C@H]12)c1cccc(N)n1. The molecule has 1 unspecified atom stereocenters. The van der Waals surface area contributed by atoms with Crippen molar-refractivity contribution in [2.75, 3.05) is 18.6 Å². The van der Waals surface area contributed by atoms with Crippen molar-refractivity contribution < 1.29 is 28.9 Å². The smallest absolute Gasteiger partial charge is 0.276 e. The van der Waals surface area contributed by atoms with Gasteiger partial charge in [0.25, 0.3) is 11.8 Å². The number of anilines is 1. The van der Waals surface area contributed by atoms with Gasteiger partial charge in [0.2, 0.25) is 0 Å². The molecule has 184 valence electrons. The van der Waals surface area contributed by atoms with Gasteiger partial charge in [-0.15, -0.1) is 23.1 Å². The Balaban J connectivity index is 1.36. The summed E-state index contributed by atoms with van der Waals surface area (Å²) in [6.45, 7) is 0.295. The molecule has 11 nitrogen and oxygen atoms in total. The van der Waals surface area contributed by atoms with Crippen molar-refractivity contribution >= 4 is 62.5 Å². The van der Waals surface area contributed by atoms with Crippen LogP contribution < -0.4 is 20.7 Å². The van der Waals surface area contributed by atoms with E-state index in [9.17, 15) is 19.5 Å². The zero-order chi connectivity index (χ0) is 25.4. The van der Waals surface area contributed by atoms with Crippen LogP contribution >= 0.6 is 23.1 Å². The number of thiophene rings is 1. The molecule has 5 rings (SSSR count). The molecule has 0 saturated carbocycles. The van der Waals surface area contributed by atoms with Gasteiger partial charge in [-0.3, -0.25) is 14.5 Å². The largest absolute Gasteiger partial charge is 0.543 e. The van der Waals surface area contributed by atoms with Gasteiger partial charge in [-0.05, 0) is 23.6 Å². The fourth-order valence-electron chi connectivity index (χ4n) is 4.14. The standard InChI is InChI=1S/C23H20N6O5S2/c1-34-27-17(14-3-2-4-16(24)25-14)20(30)26-18-21(31)29-19(23(32)33)13(11-36-22(18)29)9-28-7-5-12-6-8-35-15(12)10-28/h2-8,10,18,22H,9,11H2,1H3,(H3-,24,25,26,30,32,33)/b27-17-/t18?,22-/m1/s1. The van der Waals surface area contributed by atoms with Gasteiger partial charge in [0, 0.05) is 22.8 Å². The summed E-state index contributed by atoms with van der Waals surface area (Å²) >= 11 is 2.96. The zero-order valence-corrected chi connectivity index (χ0v) is 20.5. The second kappa shape index (κ2) is 9.59. The Morgan fingerprint density at radius 3 is 2.94 bits per heavy atom. The zero-order valence-electron chi connectivity index (χ0n) is 18.9. The third-order valence-electron chi connectivity index (χ3n) is 5.77. The highest BCUT2D eigenvalue weighted by Crippen LogP contribution is 2.40. The number of carboxylic acids is 1. The number of aliphatic carboxylic acids is 1. The number of nitrogens with zero attached hydrogens (tertiary/aromatic N) is 4. The molecule has 0 bridgehead atoms. The number of carbonyl (C=O) groups is 3. The van der Waals surface area contributed by atoms with Crippen molar-refractivity contribution in [1.82, 2.24) is 15.2 Å². The number of carboxylic acid groups (broad SMARTS) is 1. The molecule has 1 saturated heterocycles. The van der Waals surface area contributed by atoms with Gasteiger partial charge < -0.3 is 25.8 Å². The second-order valence-electron chi connectivity index (χ2n) is 8.03. The molecule has 13 heteroatoms. The number of hydrogen-bond acceptors (Lipinski definition) is 10. The predicted octanol–water partition coefficient (Wildman–Crippen LogP) is -0.379. The minimum absolute atomic E-state index is 0.156. The average Bonchev–Trinajstić information content (AvgIpc) is 3.33. The number of aromatic nitrogens is 2. The van der Waals surface area contributed by atoms with Gasteiger partial charge in [-0.1, -0.05) is 11.2 Å². The van der Waals surface area contributed by atoms with Crippen LogP contribution in [-0.2, 0) is 25.8 Å². The summed E-state index contributed by atoms with van der Waals surface area (Å²) in [5, 5.41) is 20.9. The van der Waals surface area contributed by atoms with E-state index in [1.807, 2.05) is 34.5 Å². The molecule has 2 atom stereocenters. The van der Waals surface area contributed by atoms with E-state index >= 15 is 0 Å². The lowest BCUT2D eigenvalue weighted by atomic mass is 10.0. The van der Waals surface area contributed by atoms with Gasteiger partial charge in [-0.2, -0.15) is 4.57 Å². The Morgan fingerprint density at radius 1 is 1.36 bits per heavy atom. The number of carbonyl (C=O) groups excluding carboxylic acids is 3. The number of nitrogens with one attached hydrogen (secondary N) is 1. The first-order valence-electron chi connectivity index (χ1n) is 10.8. The molecule has 5 heterocycles. The van der Waals surface area contributed by atoms with Crippen LogP contribution in [0.2, 0.25) is 0 Å². The van der Waals surface area contributed by atoms with E-state index in [4.69, 9.17) is 10.6 Å². The highest BCUT2D eigenvalue weighted by Gasteiger charge is 2.53. The maximum Gasteiger partial charge on any atom is 0.276 e. The van der Waals surface area contributed by atoms with Crippen LogP contribution in [-0.4, -0.2) is 57.7 Å². The van der Waals surface area contributed by atoms with Gasteiger partial charge in [-0.25, -0.2) is 4.98 Å². The number of rotatable bonds is 7. The molecule has 2 amide bonds. The first kappa shape index (κ1) is 23.8. The van der Waals surface area contributed by atoms with Crippen molar-refractivity contribution in [3.05, 3.63) is 65.1 Å². The number of amides is 2. The number of thioether (sulfide) groups is 1. The first-order valence-corrected chi connectivity index (χ1v) is 12.7. The van der Waals surface area contributed by atoms with E-state index in [2.05, 4.69) is 15.5 Å². The molecule has 3 N–H and O–H groups in total. The number of fused-ring (bicyclic) bond motifs is 2. The molecule has 3 aromatic heterocycles. The van der Waals surface area contributed by atoms with Crippen molar-refractivity contribution in [1.29, 1.82) is 0 Å². The van der Waals surface area contributed by atoms with Crippen LogP contribution in [0.1, 0.15) is 5.69 Å². The van der Waals surface area contributed by atoms with E-state index < -0.39 is 29.2 Å². The summed E-state index contributed by atoms with van der Waals surface area (Å²) in [6, 6.07) is 7.72. The fourth-order valence-corrected chi connectivity index (χ4v) is 6.31. The van der Waals surface area contributed by atoms with Crippen LogP contribution in [0, 0.1) is 0 Å². The van der Waals surface area contributed by atoms with Gasteiger partial charge >= 0.3 is 0 Å². The van der Waals surface area contributed by atoms with E-state index in [1.165, 1.54) is 29.8 Å². The molecular formula is C23H20N6O5S2. The van der Waals surface area contributed by atoms with Gasteiger partial charge in [0.05, 0.1) is 16.4 Å². The number of nitrogens with two attached hydrogens (primary N) is 1. The highest BCUT2D eigenvalue weighted by molar-refractivity contribution is 8.00. The van der Waals surface area contributed by atoms with E-state index in [0.717, 1.165) is 10.1 Å². The molecule has 2 aliphatic heterocycles. The normalized spacial score (nSPS) is 19.6. The number of β-lactam (4-membered cyclic amide) rings is 1. The molecule has 3 aromatic rings. The quantitative estimate of drug-likeness (QED) is 0.184. The van der Waals surface area contributed by atoms with E-state index in [0.29, 0.717) is 17.9 Å². The summed E-state index contributed by atoms with van der Waals surface area (Å²) in [6.07, 6.45) is 3.81. The Morgan fingerprint density at radius 2 is 2.19 bits per heavy atom. The fraction of sp³-hybridized carbons (Fsp3) is 0.217. The molecule has 0 aliphatic carbocycles. The minimum atomic E-state index is -1.43. The second-order valence-corrected chi connectivity index (χ2v) is 10.1. The minimum Gasteiger partial charge on any atom is -0.543 e. The Labute approximate surface area is 213 Å². The lowest BCUT2D eigenvalue weighted by Crippen LogP contribution is -2.71. The first-order chi connectivity index (χ1) is 17.4. The monoisotopic (exact) mass is 524 g/mol. The van der Waals surface area contributed by atoms with Crippen molar-refractivity contribution in [3.63, 3.8) is 0 Å². The lowest BCUT2D eigenvalue weighted by molar-refractivity contribution is -0.687. The lowest BCUT2D eigenvalue weighted by Gasteiger charge is -2.50. The molecule has 2 aliphatic rings. The topological polar surface area (TPSA) is 154 Å².